The predicted octanol–water partition coefficient (Wildman–Crippen LogP) is 1.55. The van der Waals surface area contributed by atoms with Crippen molar-refractivity contribution in [3.63, 3.8) is 0 Å². The first-order valence-electron chi connectivity index (χ1n) is 9.50. The number of nitrogens with zero attached hydrogens (tertiary/aromatic N) is 2. The van der Waals surface area contributed by atoms with E-state index in [0.29, 0.717) is 18.6 Å². The molecule has 11 heteroatoms. The molecule has 3 rings (SSSR count). The van der Waals surface area contributed by atoms with E-state index in [4.69, 9.17) is 16.0 Å². The van der Waals surface area contributed by atoms with Gasteiger partial charge in [0.1, 0.15) is 21.9 Å². The maximum atomic E-state index is 12.8. The van der Waals surface area contributed by atoms with Crippen LogP contribution in [0.25, 0.3) is 0 Å². The van der Waals surface area contributed by atoms with Gasteiger partial charge in [-0.2, -0.15) is 4.31 Å². The Morgan fingerprint density at radius 3 is 2.67 bits per heavy atom. The monoisotopic (exact) mass is 454 g/mol. The van der Waals surface area contributed by atoms with Gasteiger partial charge in [0, 0.05) is 25.2 Å². The molecule has 1 unspecified atom stereocenters. The number of furan rings is 1. The molecule has 0 bridgehead atoms. The maximum absolute atomic E-state index is 12.8. The summed E-state index contributed by atoms with van der Waals surface area (Å²) in [6, 6.07) is 5.67. The normalized spacial score (nSPS) is 16.7. The molecule has 1 aliphatic heterocycles. The van der Waals surface area contributed by atoms with E-state index >= 15 is 0 Å². The lowest BCUT2D eigenvalue weighted by molar-refractivity contribution is -0.131. The number of carbonyl (C=O) groups is 2. The highest BCUT2D eigenvalue weighted by molar-refractivity contribution is 7.89. The third-order valence-electron chi connectivity index (χ3n) is 4.94. The summed E-state index contributed by atoms with van der Waals surface area (Å²) in [4.78, 5) is 28.4. The number of rotatable bonds is 7. The van der Waals surface area contributed by atoms with Gasteiger partial charge in [-0.15, -0.1) is 0 Å². The average molecular weight is 455 g/mol. The Kier molecular flexibility index (Phi) is 7.11. The van der Waals surface area contributed by atoms with Crippen LogP contribution in [-0.2, 0) is 26.2 Å². The van der Waals surface area contributed by atoms with Gasteiger partial charge in [-0.1, -0.05) is 11.6 Å². The summed E-state index contributed by atoms with van der Waals surface area (Å²) < 4.78 is 32.0. The van der Waals surface area contributed by atoms with Crippen LogP contribution in [0.15, 0.2) is 46.0 Å². The minimum Gasteiger partial charge on any atom is -0.467 e. The lowest BCUT2D eigenvalue weighted by Crippen LogP contribution is -2.49. The lowest BCUT2D eigenvalue weighted by atomic mass is 9.97. The topological polar surface area (TPSA) is 122 Å². The molecule has 2 aromatic heterocycles. The van der Waals surface area contributed by atoms with E-state index < -0.39 is 16.1 Å². The van der Waals surface area contributed by atoms with Crippen molar-refractivity contribution < 1.29 is 22.4 Å². The van der Waals surface area contributed by atoms with Crippen molar-refractivity contribution in [2.24, 2.45) is 5.92 Å². The Bertz CT molecular complexity index is 988. The first-order valence-corrected chi connectivity index (χ1v) is 11.3. The molecule has 9 nitrogen and oxygen atoms in total. The van der Waals surface area contributed by atoms with E-state index in [1.165, 1.54) is 28.9 Å². The van der Waals surface area contributed by atoms with Crippen LogP contribution in [0.2, 0.25) is 5.15 Å². The van der Waals surface area contributed by atoms with Crippen molar-refractivity contribution >= 4 is 33.4 Å². The van der Waals surface area contributed by atoms with E-state index in [9.17, 15) is 18.0 Å². The van der Waals surface area contributed by atoms with Gasteiger partial charge >= 0.3 is 0 Å². The van der Waals surface area contributed by atoms with Gasteiger partial charge in [0.2, 0.25) is 21.8 Å². The zero-order valence-electron chi connectivity index (χ0n) is 16.4. The van der Waals surface area contributed by atoms with E-state index in [-0.39, 0.29) is 47.4 Å². The zero-order valence-corrected chi connectivity index (χ0v) is 17.9. The molecule has 0 radical (unpaired) electrons. The smallest absolute Gasteiger partial charge is 0.246 e. The number of carbonyl (C=O) groups excluding carboxylic acids is 2. The minimum atomic E-state index is -3.77. The van der Waals surface area contributed by atoms with Crippen molar-refractivity contribution in [1.29, 1.82) is 0 Å². The Labute approximate surface area is 179 Å². The molecule has 2 aromatic rings. The van der Waals surface area contributed by atoms with Crippen LogP contribution in [0.5, 0.6) is 0 Å². The van der Waals surface area contributed by atoms with E-state index in [0.717, 1.165) is 0 Å². The number of pyridine rings is 1. The summed E-state index contributed by atoms with van der Waals surface area (Å²) in [5.41, 5.74) is 0. The number of nitrogens with one attached hydrogen (secondary N) is 2. The summed E-state index contributed by atoms with van der Waals surface area (Å²) in [6.45, 7) is 2.20. The van der Waals surface area contributed by atoms with Crippen LogP contribution < -0.4 is 10.6 Å². The lowest BCUT2D eigenvalue weighted by Gasteiger charge is -2.31. The third-order valence-corrected chi connectivity index (χ3v) is 7.28. The van der Waals surface area contributed by atoms with Crippen molar-refractivity contribution in [3.8, 4) is 0 Å². The highest BCUT2D eigenvalue weighted by Gasteiger charge is 2.34. The molecule has 2 N–H and O–H groups in total. The van der Waals surface area contributed by atoms with Crippen LogP contribution in [0, 0.1) is 5.92 Å². The Morgan fingerprint density at radius 2 is 2.03 bits per heavy atom. The van der Waals surface area contributed by atoms with Gasteiger partial charge in [0.25, 0.3) is 0 Å². The average Bonchev–Trinajstić information content (AvgIpc) is 3.26. The van der Waals surface area contributed by atoms with Gasteiger partial charge in [-0.3, -0.25) is 9.59 Å². The number of piperidine rings is 1. The fourth-order valence-corrected chi connectivity index (χ4v) is 5.10. The third kappa shape index (κ3) is 5.18. The fourth-order valence-electron chi connectivity index (χ4n) is 3.20. The van der Waals surface area contributed by atoms with Gasteiger partial charge in [0.15, 0.2) is 0 Å². The number of amides is 2. The molecule has 1 atom stereocenters. The van der Waals surface area contributed by atoms with Crippen LogP contribution in [0.4, 0.5) is 0 Å². The summed E-state index contributed by atoms with van der Waals surface area (Å²) >= 11 is 5.93. The van der Waals surface area contributed by atoms with Crippen molar-refractivity contribution in [2.75, 3.05) is 13.1 Å². The highest BCUT2D eigenvalue weighted by Crippen LogP contribution is 2.27. The van der Waals surface area contributed by atoms with Gasteiger partial charge < -0.3 is 15.1 Å². The Balaban J connectivity index is 1.50. The fraction of sp³-hybridized carbons (Fsp3) is 0.421. The van der Waals surface area contributed by atoms with Gasteiger partial charge in [-0.25, -0.2) is 13.4 Å². The van der Waals surface area contributed by atoms with Crippen LogP contribution >= 0.6 is 11.6 Å². The van der Waals surface area contributed by atoms with E-state index in [1.54, 1.807) is 19.1 Å². The van der Waals surface area contributed by atoms with Crippen molar-refractivity contribution in [3.05, 3.63) is 47.6 Å². The number of halogens is 1. The minimum absolute atomic E-state index is 0.0450. The molecule has 3 heterocycles. The quantitative estimate of drug-likeness (QED) is 0.612. The standard InChI is InChI=1S/C19H23ClN4O5S/c1-13(18(25)22-12-15-4-3-11-29-15)23-19(26)14-6-9-24(10-7-14)30(27,28)16-5-2-8-21-17(16)20/h2-5,8,11,13-14H,6-7,9-10,12H2,1H3,(H,22,25)(H,23,26). The second kappa shape index (κ2) is 9.59. The Morgan fingerprint density at radius 1 is 1.30 bits per heavy atom. The number of aromatic nitrogens is 1. The van der Waals surface area contributed by atoms with Crippen LogP contribution in [-0.4, -0.2) is 48.7 Å². The Hall–Kier alpha value is -2.43. The van der Waals surface area contributed by atoms with E-state index in [1.807, 2.05) is 0 Å². The molecule has 0 saturated carbocycles. The molecule has 1 saturated heterocycles. The molecule has 0 aromatic carbocycles. The van der Waals surface area contributed by atoms with Gasteiger partial charge in [0.05, 0.1) is 12.8 Å². The van der Waals surface area contributed by atoms with Crippen LogP contribution in [0.3, 0.4) is 0 Å². The second-order valence-corrected chi connectivity index (χ2v) is 9.26. The highest BCUT2D eigenvalue weighted by atomic mass is 35.5. The summed E-state index contributed by atoms with van der Waals surface area (Å²) in [5.74, 6) is -0.358. The first-order chi connectivity index (χ1) is 14.3. The molecule has 0 aliphatic carbocycles. The first kappa shape index (κ1) is 22.3. The van der Waals surface area contributed by atoms with Gasteiger partial charge in [-0.05, 0) is 44.0 Å². The second-order valence-electron chi connectivity index (χ2n) is 7.00. The summed E-state index contributed by atoms with van der Waals surface area (Å²) in [7, 11) is -3.77. The summed E-state index contributed by atoms with van der Waals surface area (Å²) in [6.07, 6.45) is 3.64. The van der Waals surface area contributed by atoms with E-state index in [2.05, 4.69) is 15.6 Å². The molecular formula is C19H23ClN4O5S. The molecule has 2 amide bonds. The molecule has 0 spiro atoms. The largest absolute Gasteiger partial charge is 0.467 e. The number of hydrogen-bond acceptors (Lipinski definition) is 6. The van der Waals surface area contributed by atoms with Crippen molar-refractivity contribution in [1.82, 2.24) is 19.9 Å². The molecule has 1 fully saturated rings. The molecule has 162 valence electrons. The number of sulfonamides is 1. The summed E-state index contributed by atoms with van der Waals surface area (Å²) in [5, 5.41) is 5.31. The van der Waals surface area contributed by atoms with Crippen molar-refractivity contribution in [2.45, 2.75) is 37.2 Å². The molecule has 1 aliphatic rings. The van der Waals surface area contributed by atoms with Crippen LogP contribution in [0.1, 0.15) is 25.5 Å². The molecule has 30 heavy (non-hydrogen) atoms. The number of hydrogen-bond donors (Lipinski definition) is 2. The predicted molar refractivity (Wildman–Crippen MR) is 109 cm³/mol. The molecular weight excluding hydrogens is 432 g/mol. The maximum Gasteiger partial charge on any atom is 0.246 e. The SMILES string of the molecule is CC(NC(=O)C1CCN(S(=O)(=O)c2cccnc2Cl)CC1)C(=O)NCc1ccco1. The zero-order chi connectivity index (χ0) is 21.7.